The lowest BCUT2D eigenvalue weighted by Gasteiger charge is -2.20. The maximum Gasteiger partial charge on any atom is 0.254 e. The van der Waals surface area contributed by atoms with Gasteiger partial charge >= 0.3 is 0 Å². The topological polar surface area (TPSA) is 20.3 Å². The van der Waals surface area contributed by atoms with Crippen molar-refractivity contribution in [2.45, 2.75) is 13.8 Å². The molecule has 0 aliphatic rings. The molecule has 2 nitrogen and oxygen atoms in total. The van der Waals surface area contributed by atoms with Gasteiger partial charge in [-0.25, -0.2) is 4.39 Å². The smallest absolute Gasteiger partial charge is 0.254 e. The monoisotopic (exact) mass is 287 g/mol. The standard InChI is InChI=1S/C12H15BrFNO/c1-3-15(7-6-13)12(16)11-8-10(14)5-4-9(11)2/h4-5,8H,3,6-7H2,1-2H3. The Kier molecular flexibility index (Phi) is 4.93. The Morgan fingerprint density at radius 2 is 2.19 bits per heavy atom. The minimum Gasteiger partial charge on any atom is -0.338 e. The van der Waals surface area contributed by atoms with Gasteiger partial charge in [0, 0.05) is 24.0 Å². The van der Waals surface area contributed by atoms with Crippen molar-refractivity contribution in [2.24, 2.45) is 0 Å². The first-order chi connectivity index (χ1) is 7.60. The maximum atomic E-state index is 13.1. The summed E-state index contributed by atoms with van der Waals surface area (Å²) in [6.07, 6.45) is 0. The molecule has 0 N–H and O–H groups in total. The summed E-state index contributed by atoms with van der Waals surface area (Å²) in [5.74, 6) is -0.484. The van der Waals surface area contributed by atoms with E-state index in [1.54, 1.807) is 11.0 Å². The molecule has 0 unspecified atom stereocenters. The van der Waals surface area contributed by atoms with Crippen LogP contribution in [0.5, 0.6) is 0 Å². The Balaban J connectivity index is 2.98. The van der Waals surface area contributed by atoms with E-state index in [1.165, 1.54) is 12.1 Å². The molecule has 0 atom stereocenters. The van der Waals surface area contributed by atoms with Gasteiger partial charge in [-0.3, -0.25) is 4.79 Å². The van der Waals surface area contributed by atoms with Crippen molar-refractivity contribution < 1.29 is 9.18 Å². The van der Waals surface area contributed by atoms with E-state index >= 15 is 0 Å². The van der Waals surface area contributed by atoms with Crippen molar-refractivity contribution in [1.82, 2.24) is 4.90 Å². The predicted molar refractivity (Wildman–Crippen MR) is 66.5 cm³/mol. The highest BCUT2D eigenvalue weighted by Crippen LogP contribution is 2.13. The summed E-state index contributed by atoms with van der Waals surface area (Å²) in [5, 5.41) is 0.723. The summed E-state index contributed by atoms with van der Waals surface area (Å²) in [6, 6.07) is 4.30. The van der Waals surface area contributed by atoms with Gasteiger partial charge in [-0.05, 0) is 31.5 Å². The lowest BCUT2D eigenvalue weighted by molar-refractivity contribution is 0.0773. The number of aryl methyl sites for hydroxylation is 1. The summed E-state index contributed by atoms with van der Waals surface area (Å²) >= 11 is 3.30. The third-order valence-corrected chi connectivity index (χ3v) is 2.81. The van der Waals surface area contributed by atoms with Gasteiger partial charge in [0.25, 0.3) is 5.91 Å². The third-order valence-electron chi connectivity index (χ3n) is 2.45. The van der Waals surface area contributed by atoms with Crippen LogP contribution in [0.3, 0.4) is 0 Å². The molecule has 0 bridgehead atoms. The van der Waals surface area contributed by atoms with Crippen LogP contribution in [0.15, 0.2) is 18.2 Å². The summed E-state index contributed by atoms with van der Waals surface area (Å²) in [7, 11) is 0. The molecule has 0 saturated carbocycles. The molecule has 0 aromatic heterocycles. The van der Waals surface area contributed by atoms with Gasteiger partial charge in [0.2, 0.25) is 0 Å². The van der Waals surface area contributed by atoms with Crippen LogP contribution in [-0.4, -0.2) is 29.2 Å². The van der Waals surface area contributed by atoms with Gasteiger partial charge < -0.3 is 4.90 Å². The van der Waals surface area contributed by atoms with Crippen LogP contribution >= 0.6 is 15.9 Å². The van der Waals surface area contributed by atoms with Crippen LogP contribution in [0.25, 0.3) is 0 Å². The lowest BCUT2D eigenvalue weighted by Crippen LogP contribution is -2.33. The molecule has 1 rings (SSSR count). The van der Waals surface area contributed by atoms with Crippen LogP contribution in [0.1, 0.15) is 22.8 Å². The first-order valence-electron chi connectivity index (χ1n) is 5.21. The molecular formula is C12H15BrFNO. The van der Waals surface area contributed by atoms with Gasteiger partial charge in [0.1, 0.15) is 5.82 Å². The number of halogens is 2. The van der Waals surface area contributed by atoms with E-state index in [0.717, 1.165) is 10.9 Å². The van der Waals surface area contributed by atoms with E-state index in [2.05, 4.69) is 15.9 Å². The second kappa shape index (κ2) is 5.99. The van der Waals surface area contributed by atoms with E-state index in [0.29, 0.717) is 18.7 Å². The number of hydrogen-bond donors (Lipinski definition) is 0. The first kappa shape index (κ1) is 13.2. The summed E-state index contributed by atoms with van der Waals surface area (Å²) < 4.78 is 13.1. The van der Waals surface area contributed by atoms with Crippen molar-refractivity contribution in [3.8, 4) is 0 Å². The number of benzene rings is 1. The molecule has 1 aromatic carbocycles. The zero-order valence-electron chi connectivity index (χ0n) is 9.46. The van der Waals surface area contributed by atoms with Crippen LogP contribution in [0.4, 0.5) is 4.39 Å². The van der Waals surface area contributed by atoms with Gasteiger partial charge in [-0.1, -0.05) is 22.0 Å². The lowest BCUT2D eigenvalue weighted by atomic mass is 10.1. The molecule has 0 spiro atoms. The quantitative estimate of drug-likeness (QED) is 0.780. The summed E-state index contributed by atoms with van der Waals surface area (Å²) in [6.45, 7) is 4.98. The van der Waals surface area contributed by atoms with Crippen LogP contribution < -0.4 is 0 Å². The largest absolute Gasteiger partial charge is 0.338 e. The predicted octanol–water partition coefficient (Wildman–Crippen LogP) is 2.99. The average Bonchev–Trinajstić information content (AvgIpc) is 2.28. The molecule has 0 fully saturated rings. The van der Waals surface area contributed by atoms with Crippen molar-refractivity contribution in [3.63, 3.8) is 0 Å². The third kappa shape index (κ3) is 3.04. The number of hydrogen-bond acceptors (Lipinski definition) is 1. The van der Waals surface area contributed by atoms with Gasteiger partial charge in [-0.15, -0.1) is 0 Å². The van der Waals surface area contributed by atoms with Gasteiger partial charge in [0.05, 0.1) is 0 Å². The molecule has 0 aliphatic carbocycles. The number of carbonyl (C=O) groups is 1. The highest BCUT2D eigenvalue weighted by molar-refractivity contribution is 9.09. The molecule has 4 heteroatoms. The fraction of sp³-hybridized carbons (Fsp3) is 0.417. The van der Waals surface area contributed by atoms with Crippen LogP contribution in [0.2, 0.25) is 0 Å². The maximum absolute atomic E-state index is 13.1. The van der Waals surface area contributed by atoms with Crippen molar-refractivity contribution in [1.29, 1.82) is 0 Å². The Morgan fingerprint density at radius 3 is 2.75 bits per heavy atom. The second-order valence-corrected chi connectivity index (χ2v) is 4.33. The fourth-order valence-corrected chi connectivity index (χ4v) is 1.93. The molecule has 1 amide bonds. The Bertz CT molecular complexity index is 381. The minimum absolute atomic E-state index is 0.112. The highest BCUT2D eigenvalue weighted by atomic mass is 79.9. The number of alkyl halides is 1. The fourth-order valence-electron chi connectivity index (χ4n) is 1.50. The SMILES string of the molecule is CCN(CCBr)C(=O)c1cc(F)ccc1C. The molecule has 16 heavy (non-hydrogen) atoms. The molecule has 1 aromatic rings. The van der Waals surface area contributed by atoms with E-state index in [4.69, 9.17) is 0 Å². The normalized spacial score (nSPS) is 10.2. The minimum atomic E-state index is -0.371. The van der Waals surface area contributed by atoms with Gasteiger partial charge in [-0.2, -0.15) is 0 Å². The van der Waals surface area contributed by atoms with Crippen molar-refractivity contribution in [3.05, 3.63) is 35.1 Å². The molecule has 88 valence electrons. The Morgan fingerprint density at radius 1 is 1.50 bits per heavy atom. The number of rotatable bonds is 4. The molecule has 0 aliphatic heterocycles. The van der Waals surface area contributed by atoms with Crippen molar-refractivity contribution in [2.75, 3.05) is 18.4 Å². The van der Waals surface area contributed by atoms with E-state index in [9.17, 15) is 9.18 Å². The van der Waals surface area contributed by atoms with Crippen molar-refractivity contribution >= 4 is 21.8 Å². The zero-order valence-corrected chi connectivity index (χ0v) is 11.1. The van der Waals surface area contributed by atoms with E-state index < -0.39 is 0 Å². The summed E-state index contributed by atoms with van der Waals surface area (Å²) in [5.41, 5.74) is 1.25. The number of nitrogens with zero attached hydrogens (tertiary/aromatic N) is 1. The molecule has 0 saturated heterocycles. The van der Waals surface area contributed by atoms with Crippen LogP contribution in [0, 0.1) is 12.7 Å². The zero-order chi connectivity index (χ0) is 12.1. The first-order valence-corrected chi connectivity index (χ1v) is 6.33. The summed E-state index contributed by atoms with van der Waals surface area (Å²) in [4.78, 5) is 13.8. The van der Waals surface area contributed by atoms with Crippen LogP contribution in [-0.2, 0) is 0 Å². The molecule has 0 heterocycles. The Labute approximate surface area is 104 Å². The van der Waals surface area contributed by atoms with Gasteiger partial charge in [0.15, 0.2) is 0 Å². The molecular weight excluding hydrogens is 273 g/mol. The Hall–Kier alpha value is -0.900. The second-order valence-electron chi connectivity index (χ2n) is 3.53. The van der Waals surface area contributed by atoms with E-state index in [-0.39, 0.29) is 11.7 Å². The highest BCUT2D eigenvalue weighted by Gasteiger charge is 2.16. The average molecular weight is 288 g/mol. The number of amides is 1. The van der Waals surface area contributed by atoms with E-state index in [1.807, 2.05) is 13.8 Å². The number of carbonyl (C=O) groups excluding carboxylic acids is 1. The molecule has 0 radical (unpaired) electrons.